The quantitative estimate of drug-likeness (QED) is 0.756. The highest BCUT2D eigenvalue weighted by Crippen LogP contribution is 2.04. The average molecular weight is 267 g/mol. The summed E-state index contributed by atoms with van der Waals surface area (Å²) in [7, 11) is 1.65. The molecule has 0 aromatic heterocycles. The first kappa shape index (κ1) is 15.1. The van der Waals surface area contributed by atoms with Gasteiger partial charge in [-0.15, -0.1) is 0 Å². The lowest BCUT2D eigenvalue weighted by atomic mass is 10.1. The van der Waals surface area contributed by atoms with Gasteiger partial charge in [-0.05, 0) is 24.1 Å². The molecule has 0 unspecified atom stereocenters. The smallest absolute Gasteiger partial charge is 0.241 e. The van der Waals surface area contributed by atoms with Crippen LogP contribution in [0.5, 0.6) is 0 Å². The van der Waals surface area contributed by atoms with Gasteiger partial charge in [-0.25, -0.2) is 4.39 Å². The van der Waals surface area contributed by atoms with E-state index in [0.717, 1.165) is 5.56 Å². The summed E-state index contributed by atoms with van der Waals surface area (Å²) in [6.07, 6.45) is 0.632. The van der Waals surface area contributed by atoms with E-state index >= 15 is 0 Å². The van der Waals surface area contributed by atoms with Gasteiger partial charge in [-0.2, -0.15) is 0 Å². The first-order valence-corrected chi connectivity index (χ1v) is 5.98. The van der Waals surface area contributed by atoms with Crippen molar-refractivity contribution >= 4 is 11.8 Å². The van der Waals surface area contributed by atoms with Crippen LogP contribution < -0.4 is 11.1 Å². The molecule has 0 aliphatic carbocycles. The second kappa shape index (κ2) is 7.48. The van der Waals surface area contributed by atoms with Crippen LogP contribution in [0.3, 0.4) is 0 Å². The molecule has 0 radical (unpaired) electrons. The lowest BCUT2D eigenvalue weighted by molar-refractivity contribution is -0.131. The Kier molecular flexibility index (Phi) is 5.95. The molecule has 5 nitrogen and oxygen atoms in total. The molecule has 1 rings (SSSR count). The van der Waals surface area contributed by atoms with Crippen molar-refractivity contribution in [2.75, 3.05) is 26.7 Å². The molecule has 0 fully saturated rings. The molecule has 6 heteroatoms. The summed E-state index contributed by atoms with van der Waals surface area (Å²) in [5.41, 5.74) is 6.06. The van der Waals surface area contributed by atoms with E-state index in [1.165, 1.54) is 17.0 Å². The molecule has 3 N–H and O–H groups in total. The second-order valence-corrected chi connectivity index (χ2v) is 4.17. The number of nitrogens with zero attached hydrogens (tertiary/aromatic N) is 1. The number of likely N-dealkylation sites (N-methyl/N-ethyl adjacent to an activating group) is 1. The fraction of sp³-hybridized carbons (Fsp3) is 0.385. The summed E-state index contributed by atoms with van der Waals surface area (Å²) in [5.74, 6) is -0.832. The number of hydrogen-bond acceptors (Lipinski definition) is 3. The first-order chi connectivity index (χ1) is 9.02. The minimum atomic E-state index is -0.361. The predicted molar refractivity (Wildman–Crippen MR) is 69.8 cm³/mol. The Morgan fingerprint density at radius 3 is 2.53 bits per heavy atom. The van der Waals surface area contributed by atoms with E-state index in [4.69, 9.17) is 5.73 Å². The zero-order valence-corrected chi connectivity index (χ0v) is 10.9. The highest BCUT2D eigenvalue weighted by molar-refractivity contribution is 5.85. The van der Waals surface area contributed by atoms with Crippen molar-refractivity contribution in [2.45, 2.75) is 6.42 Å². The van der Waals surface area contributed by atoms with E-state index in [1.807, 2.05) is 0 Å². The van der Waals surface area contributed by atoms with Gasteiger partial charge >= 0.3 is 0 Å². The number of rotatable bonds is 6. The molecule has 0 aliphatic heterocycles. The Hall–Kier alpha value is -1.95. The van der Waals surface area contributed by atoms with Gasteiger partial charge in [0.05, 0.1) is 13.1 Å². The molecule has 0 spiro atoms. The topological polar surface area (TPSA) is 75.4 Å². The Balaban J connectivity index is 2.34. The summed E-state index contributed by atoms with van der Waals surface area (Å²) in [6.45, 7) is 0.311. The molecule has 0 atom stereocenters. The van der Waals surface area contributed by atoms with Crippen LogP contribution in [0.2, 0.25) is 0 Å². The number of nitrogens with one attached hydrogen (secondary N) is 1. The van der Waals surface area contributed by atoms with E-state index in [0.29, 0.717) is 13.0 Å². The monoisotopic (exact) mass is 267 g/mol. The maximum atomic E-state index is 12.7. The zero-order chi connectivity index (χ0) is 14.3. The molecule has 1 aromatic rings. The number of amides is 2. The Bertz CT molecular complexity index is 434. The maximum absolute atomic E-state index is 12.7. The van der Waals surface area contributed by atoms with Crippen LogP contribution in [0, 0.1) is 5.82 Å². The third-order valence-electron chi connectivity index (χ3n) is 2.70. The molecule has 104 valence electrons. The fourth-order valence-electron chi connectivity index (χ4n) is 1.45. The van der Waals surface area contributed by atoms with E-state index in [9.17, 15) is 14.0 Å². The van der Waals surface area contributed by atoms with Gasteiger partial charge in [0.2, 0.25) is 11.8 Å². The molecule has 0 aliphatic rings. The van der Waals surface area contributed by atoms with Crippen LogP contribution in [0.1, 0.15) is 5.56 Å². The maximum Gasteiger partial charge on any atom is 0.241 e. The lowest BCUT2D eigenvalue weighted by Crippen LogP contribution is -2.40. The zero-order valence-electron chi connectivity index (χ0n) is 10.9. The molecule has 0 saturated heterocycles. The standard InChI is InChI=1S/C13H18FN3O2/c1-17(13(19)9-16-12(18)8-15)7-6-10-2-4-11(14)5-3-10/h2-5H,6-9,15H2,1H3,(H,16,18). The van der Waals surface area contributed by atoms with E-state index in [-0.39, 0.29) is 30.7 Å². The van der Waals surface area contributed by atoms with Crippen LogP contribution in [-0.4, -0.2) is 43.4 Å². The number of carbonyl (C=O) groups is 2. The predicted octanol–water partition coefficient (Wildman–Crippen LogP) is -0.0985. The van der Waals surface area contributed by atoms with Crippen molar-refractivity contribution in [3.05, 3.63) is 35.6 Å². The van der Waals surface area contributed by atoms with Crippen molar-refractivity contribution in [3.8, 4) is 0 Å². The van der Waals surface area contributed by atoms with Gasteiger partial charge in [-0.3, -0.25) is 9.59 Å². The normalized spacial score (nSPS) is 10.1. The number of carbonyl (C=O) groups excluding carboxylic acids is 2. The van der Waals surface area contributed by atoms with Gasteiger partial charge in [0.1, 0.15) is 5.82 Å². The van der Waals surface area contributed by atoms with Crippen molar-refractivity contribution in [2.24, 2.45) is 5.73 Å². The van der Waals surface area contributed by atoms with Gasteiger partial charge < -0.3 is 16.0 Å². The van der Waals surface area contributed by atoms with Crippen molar-refractivity contribution in [3.63, 3.8) is 0 Å². The van der Waals surface area contributed by atoms with Gasteiger partial charge in [0.25, 0.3) is 0 Å². The van der Waals surface area contributed by atoms with E-state index in [1.54, 1.807) is 19.2 Å². The first-order valence-electron chi connectivity index (χ1n) is 5.98. The number of nitrogens with two attached hydrogens (primary N) is 1. The van der Waals surface area contributed by atoms with Gasteiger partial charge in [0, 0.05) is 13.6 Å². The summed E-state index contributed by atoms with van der Waals surface area (Å²) >= 11 is 0. The second-order valence-electron chi connectivity index (χ2n) is 4.17. The van der Waals surface area contributed by atoms with Crippen LogP contribution in [0.15, 0.2) is 24.3 Å². The highest BCUT2D eigenvalue weighted by atomic mass is 19.1. The Morgan fingerprint density at radius 1 is 1.32 bits per heavy atom. The largest absolute Gasteiger partial charge is 0.346 e. The van der Waals surface area contributed by atoms with Crippen LogP contribution >= 0.6 is 0 Å². The molecule has 1 aromatic carbocycles. The Labute approximate surface area is 111 Å². The summed E-state index contributed by atoms with van der Waals surface area (Å²) < 4.78 is 12.7. The van der Waals surface area contributed by atoms with Crippen LogP contribution in [0.25, 0.3) is 0 Å². The number of hydrogen-bond donors (Lipinski definition) is 2. The molecule has 0 bridgehead atoms. The van der Waals surface area contributed by atoms with Crippen LogP contribution in [-0.2, 0) is 16.0 Å². The van der Waals surface area contributed by atoms with Gasteiger partial charge in [0.15, 0.2) is 0 Å². The molecule has 2 amide bonds. The summed E-state index contributed by atoms with van der Waals surface area (Å²) in [5, 5.41) is 2.41. The fourth-order valence-corrected chi connectivity index (χ4v) is 1.45. The van der Waals surface area contributed by atoms with E-state index in [2.05, 4.69) is 5.32 Å². The third kappa shape index (κ3) is 5.48. The molecular formula is C13H18FN3O2. The average Bonchev–Trinajstić information content (AvgIpc) is 2.43. The Morgan fingerprint density at radius 2 is 1.95 bits per heavy atom. The minimum absolute atomic E-state index is 0.0596. The molecule has 0 heterocycles. The SMILES string of the molecule is CN(CCc1ccc(F)cc1)C(=O)CNC(=O)CN. The van der Waals surface area contributed by atoms with Gasteiger partial charge in [-0.1, -0.05) is 12.1 Å². The highest BCUT2D eigenvalue weighted by Gasteiger charge is 2.09. The summed E-state index contributed by atoms with van der Waals surface area (Å²) in [4.78, 5) is 24.1. The number of halogens is 1. The van der Waals surface area contributed by atoms with Crippen molar-refractivity contribution < 1.29 is 14.0 Å². The lowest BCUT2D eigenvalue weighted by Gasteiger charge is -2.17. The third-order valence-corrected chi connectivity index (χ3v) is 2.70. The summed E-state index contributed by atoms with van der Waals surface area (Å²) in [6, 6.07) is 6.14. The van der Waals surface area contributed by atoms with E-state index < -0.39 is 0 Å². The van der Waals surface area contributed by atoms with Crippen LogP contribution in [0.4, 0.5) is 4.39 Å². The molecule has 19 heavy (non-hydrogen) atoms. The van der Waals surface area contributed by atoms with Crippen molar-refractivity contribution in [1.29, 1.82) is 0 Å². The molecule has 0 saturated carbocycles. The van der Waals surface area contributed by atoms with Crippen molar-refractivity contribution in [1.82, 2.24) is 10.2 Å². The minimum Gasteiger partial charge on any atom is -0.346 e. The number of benzene rings is 1. The molecular weight excluding hydrogens is 249 g/mol.